The van der Waals surface area contributed by atoms with Crippen LogP contribution in [0.4, 0.5) is 5.69 Å². The summed E-state index contributed by atoms with van der Waals surface area (Å²) in [6.45, 7) is 0. The zero-order valence-electron chi connectivity index (χ0n) is 18.0. The van der Waals surface area contributed by atoms with Crippen molar-refractivity contribution in [1.82, 2.24) is 0 Å². The summed E-state index contributed by atoms with van der Waals surface area (Å²) in [4.78, 5) is 0. The van der Waals surface area contributed by atoms with Crippen molar-refractivity contribution in [1.29, 1.82) is 0 Å². The number of para-hydroxylation sites is 1. The Hall–Kier alpha value is -0.170. The van der Waals surface area contributed by atoms with Crippen molar-refractivity contribution in [2.24, 2.45) is 0 Å². The van der Waals surface area contributed by atoms with Gasteiger partial charge in [0.05, 0.1) is 0 Å². The molecule has 29 heavy (non-hydrogen) atoms. The van der Waals surface area contributed by atoms with Gasteiger partial charge in [0.1, 0.15) is 0 Å². The molecule has 3 aliphatic rings. The van der Waals surface area contributed by atoms with Gasteiger partial charge in [0, 0.05) is 0 Å². The molecule has 1 nitrogen and oxygen atoms in total. The third-order valence-electron chi connectivity index (χ3n) is 8.40. The van der Waals surface area contributed by atoms with Gasteiger partial charge in [-0.15, -0.1) is 0 Å². The van der Waals surface area contributed by atoms with Gasteiger partial charge in [-0.2, -0.15) is 0 Å². The van der Waals surface area contributed by atoms with E-state index in [4.69, 9.17) is 23.5 Å². The quantitative estimate of drug-likeness (QED) is 0.353. The van der Waals surface area contributed by atoms with Crippen LogP contribution in [-0.4, -0.2) is 21.7 Å². The monoisotopic (exact) mass is 451 g/mol. The molecule has 3 fully saturated rings. The second kappa shape index (κ2) is 9.54. The van der Waals surface area contributed by atoms with E-state index in [1.54, 1.807) is 0 Å². The first-order chi connectivity index (χ1) is 14.1. The minimum absolute atomic E-state index is 0.645. The van der Waals surface area contributed by atoms with Crippen LogP contribution in [0.1, 0.15) is 96.3 Å². The van der Waals surface area contributed by atoms with E-state index in [1.165, 1.54) is 96.3 Å². The van der Waals surface area contributed by atoms with Gasteiger partial charge in [0.25, 0.3) is 0 Å². The molecule has 0 radical (unpaired) electrons. The zero-order valence-corrected chi connectivity index (χ0v) is 20.4. The maximum atomic E-state index is 8.46. The summed E-state index contributed by atoms with van der Waals surface area (Å²) in [5, 5.41) is 3.77. The average molecular weight is 452 g/mol. The average Bonchev–Trinajstić information content (AvgIpc) is 2.81. The molecule has 0 saturated heterocycles. The van der Waals surface area contributed by atoms with E-state index in [2.05, 4.69) is 35.6 Å². The molecule has 1 N–H and O–H groups in total. The molecule has 0 aliphatic heterocycles. The number of thiocarbonyl (C=S) groups is 1. The molecule has 4 rings (SSSR count). The number of hydrogen-bond donors (Lipinski definition) is 1. The fraction of sp³-hybridized carbons (Fsp3) is 0.720. The molecular weight excluding hydrogens is 413 g/mol. The molecule has 4 heteroatoms. The molecule has 0 amide bonds. The van der Waals surface area contributed by atoms with Crippen molar-refractivity contribution < 1.29 is 0 Å². The van der Waals surface area contributed by atoms with E-state index in [1.807, 2.05) is 0 Å². The normalized spacial score (nSPS) is 24.5. The van der Waals surface area contributed by atoms with E-state index in [0.29, 0.717) is 17.0 Å². The van der Waals surface area contributed by atoms with Crippen molar-refractivity contribution in [2.75, 3.05) is 5.32 Å². The first kappa shape index (κ1) is 22.0. The fourth-order valence-electron chi connectivity index (χ4n) is 6.97. The molecule has 1 aromatic carbocycles. The van der Waals surface area contributed by atoms with Crippen molar-refractivity contribution in [3.8, 4) is 0 Å². The van der Waals surface area contributed by atoms with Gasteiger partial charge >= 0.3 is 189 Å². The summed E-state index contributed by atoms with van der Waals surface area (Å²) in [5.74, 6) is -2.81. The Kier molecular flexibility index (Phi) is 7.25. The van der Waals surface area contributed by atoms with Crippen LogP contribution >= 0.6 is 29.4 Å². The number of halogens is 1. The molecule has 162 valence electrons. The predicted molar refractivity (Wildman–Crippen MR) is 136 cm³/mol. The molecule has 0 bridgehead atoms. The molecule has 0 atom stereocenters. The first-order valence-electron chi connectivity index (χ1n) is 12.2. The van der Waals surface area contributed by atoms with Crippen LogP contribution in [0.15, 0.2) is 30.3 Å². The second-order valence-corrected chi connectivity index (χ2v) is 17.9. The molecule has 0 heterocycles. The number of anilines is 1. The van der Waals surface area contributed by atoms with Gasteiger partial charge in [0.15, 0.2) is 0 Å². The van der Waals surface area contributed by atoms with Gasteiger partial charge in [-0.25, -0.2) is 0 Å². The van der Waals surface area contributed by atoms with Crippen LogP contribution in [0.2, 0.25) is 0 Å². The summed E-state index contributed by atoms with van der Waals surface area (Å²) in [7, 11) is 0. The van der Waals surface area contributed by atoms with Crippen molar-refractivity contribution in [2.45, 2.75) is 113 Å². The predicted octanol–water partition coefficient (Wildman–Crippen LogP) is 9.09. The molecule has 3 saturated carbocycles. The standard InChI is InChI=1S/C25H39ClNPS/c26-28(22-15-7-2-8-16-22,23-17-9-3-10-18-23,24-19-11-4-12-20-24)25(29)27-21-13-5-1-6-14-21/h1,5-6,13-14,22-24H,2-4,7-12,15-20H2,(H,27,29). The summed E-state index contributed by atoms with van der Waals surface area (Å²) in [6, 6.07) is 10.6. The summed E-state index contributed by atoms with van der Waals surface area (Å²) < 4.78 is 1.09. The third-order valence-corrected chi connectivity index (χ3v) is 20.0. The second-order valence-electron chi connectivity index (χ2n) is 9.88. The van der Waals surface area contributed by atoms with E-state index in [9.17, 15) is 0 Å². The van der Waals surface area contributed by atoms with E-state index >= 15 is 0 Å². The van der Waals surface area contributed by atoms with E-state index in [-0.39, 0.29) is 0 Å². The van der Waals surface area contributed by atoms with Gasteiger partial charge < -0.3 is 0 Å². The SMILES string of the molecule is S=C(Nc1ccccc1)P(Cl)(C1CCCCC1)(C1CCCCC1)C1CCCCC1. The Morgan fingerprint density at radius 3 is 1.45 bits per heavy atom. The van der Waals surface area contributed by atoms with Gasteiger partial charge in [-0.1, -0.05) is 0 Å². The summed E-state index contributed by atoms with van der Waals surface area (Å²) >= 11 is 14.9. The van der Waals surface area contributed by atoms with Gasteiger partial charge in [0.2, 0.25) is 0 Å². The number of rotatable bonds is 5. The summed E-state index contributed by atoms with van der Waals surface area (Å²) in [6.07, 6.45) is 20.1. The van der Waals surface area contributed by atoms with Crippen molar-refractivity contribution in [3.63, 3.8) is 0 Å². The number of hydrogen-bond acceptors (Lipinski definition) is 1. The van der Waals surface area contributed by atoms with Crippen LogP contribution in [0.3, 0.4) is 0 Å². The number of benzene rings is 1. The molecule has 0 unspecified atom stereocenters. The summed E-state index contributed by atoms with van der Waals surface area (Å²) in [5.41, 5.74) is 3.07. The van der Waals surface area contributed by atoms with Crippen LogP contribution in [0.25, 0.3) is 0 Å². The van der Waals surface area contributed by atoms with Crippen LogP contribution in [-0.2, 0) is 0 Å². The maximum absolute atomic E-state index is 8.46. The van der Waals surface area contributed by atoms with Crippen LogP contribution < -0.4 is 5.32 Å². The van der Waals surface area contributed by atoms with Crippen LogP contribution in [0.5, 0.6) is 0 Å². The van der Waals surface area contributed by atoms with Crippen molar-refractivity contribution in [3.05, 3.63) is 30.3 Å². The number of nitrogens with one attached hydrogen (secondary N) is 1. The fourth-order valence-corrected chi connectivity index (χ4v) is 17.7. The Balaban J connectivity index is 1.80. The molecule has 1 aromatic rings. The third kappa shape index (κ3) is 4.04. The molecule has 0 spiro atoms. The van der Waals surface area contributed by atoms with Gasteiger partial charge in [-0.05, 0) is 0 Å². The topological polar surface area (TPSA) is 12.0 Å². The first-order valence-corrected chi connectivity index (χ1v) is 16.0. The minimum atomic E-state index is -2.81. The Morgan fingerprint density at radius 2 is 1.07 bits per heavy atom. The Labute approximate surface area is 188 Å². The Bertz CT molecular complexity index is 627. The van der Waals surface area contributed by atoms with Crippen molar-refractivity contribution >= 4 is 39.8 Å². The molecule has 0 aromatic heterocycles. The van der Waals surface area contributed by atoms with Crippen LogP contribution in [0, 0.1) is 0 Å². The zero-order chi connectivity index (χ0) is 20.2. The van der Waals surface area contributed by atoms with E-state index in [0.717, 1.165) is 10.4 Å². The molecule has 3 aliphatic carbocycles. The van der Waals surface area contributed by atoms with Gasteiger partial charge in [-0.3, -0.25) is 0 Å². The Morgan fingerprint density at radius 1 is 0.690 bits per heavy atom. The van der Waals surface area contributed by atoms with E-state index < -0.39 is 5.96 Å². The molecular formula is C25H39ClNPS.